The third-order valence-electron chi connectivity index (χ3n) is 3.39. The van der Waals surface area contributed by atoms with Crippen LogP contribution in [0.4, 0.5) is 8.78 Å². The summed E-state index contributed by atoms with van der Waals surface area (Å²) < 4.78 is 38.8. The lowest BCUT2D eigenvalue weighted by molar-refractivity contribution is -0.124. The lowest BCUT2D eigenvalue weighted by Gasteiger charge is -2.11. The smallest absolute Gasteiger partial charge is 0.387 e. The van der Waals surface area contributed by atoms with Crippen LogP contribution in [0.3, 0.4) is 0 Å². The topological polar surface area (TPSA) is 86.8 Å². The summed E-state index contributed by atoms with van der Waals surface area (Å²) in [6.45, 7) is -3.12. The molecular formula is C18H18F2N2O5. The van der Waals surface area contributed by atoms with Gasteiger partial charge >= 0.3 is 12.6 Å². The minimum atomic E-state index is -2.95. The minimum absolute atomic E-state index is 0.0679. The summed E-state index contributed by atoms with van der Waals surface area (Å²) in [5.41, 5.74) is 0.864. The van der Waals surface area contributed by atoms with Crippen LogP contribution in [0, 0.1) is 0 Å². The Bertz CT molecular complexity index is 772. The number of nitrogens with one attached hydrogen (secondary N) is 1. The number of aromatic nitrogens is 1. The van der Waals surface area contributed by atoms with Crippen molar-refractivity contribution in [1.29, 1.82) is 0 Å². The summed E-state index contributed by atoms with van der Waals surface area (Å²) in [5, 5.41) is 2.59. The molecule has 1 N–H and O–H groups in total. The normalized spacial score (nSPS) is 10.4. The molecule has 0 aliphatic rings. The monoisotopic (exact) mass is 380 g/mol. The Labute approximate surface area is 154 Å². The summed E-state index contributed by atoms with van der Waals surface area (Å²) in [4.78, 5) is 27.2. The number of carbonyl (C=O) groups excluding carboxylic acids is 2. The van der Waals surface area contributed by atoms with Gasteiger partial charge in [0.1, 0.15) is 5.69 Å². The number of benzene rings is 1. The summed E-state index contributed by atoms with van der Waals surface area (Å²) in [5.74, 6) is -1.06. The maximum absolute atomic E-state index is 12.3. The number of methoxy groups -OCH3 is 1. The third-order valence-corrected chi connectivity index (χ3v) is 3.39. The van der Waals surface area contributed by atoms with E-state index in [1.807, 2.05) is 0 Å². The molecule has 0 spiro atoms. The van der Waals surface area contributed by atoms with Crippen molar-refractivity contribution in [2.45, 2.75) is 13.0 Å². The number of ether oxygens (including phenoxy) is 3. The van der Waals surface area contributed by atoms with Gasteiger partial charge in [-0.3, -0.25) is 4.79 Å². The molecule has 0 saturated carbocycles. The Morgan fingerprint density at radius 3 is 2.67 bits per heavy atom. The molecule has 2 aromatic rings. The van der Waals surface area contributed by atoms with Crippen molar-refractivity contribution in [2.75, 3.05) is 20.3 Å². The van der Waals surface area contributed by atoms with Gasteiger partial charge < -0.3 is 19.5 Å². The molecule has 144 valence electrons. The van der Waals surface area contributed by atoms with Gasteiger partial charge in [0.15, 0.2) is 18.1 Å². The number of amides is 1. The van der Waals surface area contributed by atoms with Crippen molar-refractivity contribution in [3.05, 3.63) is 53.9 Å². The van der Waals surface area contributed by atoms with Crippen molar-refractivity contribution < 1.29 is 32.6 Å². The quantitative estimate of drug-likeness (QED) is 0.672. The zero-order valence-corrected chi connectivity index (χ0v) is 14.5. The average molecular weight is 380 g/mol. The first kappa shape index (κ1) is 20.1. The van der Waals surface area contributed by atoms with E-state index in [-0.39, 0.29) is 23.7 Å². The maximum atomic E-state index is 12.3. The zero-order valence-electron chi connectivity index (χ0n) is 14.5. The van der Waals surface area contributed by atoms with Crippen LogP contribution in [0.1, 0.15) is 16.1 Å². The third kappa shape index (κ3) is 6.53. The van der Waals surface area contributed by atoms with E-state index in [4.69, 9.17) is 9.47 Å². The predicted octanol–water partition coefficient (Wildman–Crippen LogP) is 2.21. The van der Waals surface area contributed by atoms with E-state index in [1.54, 1.807) is 24.3 Å². The largest absolute Gasteiger partial charge is 0.493 e. The van der Waals surface area contributed by atoms with E-state index in [2.05, 4.69) is 15.0 Å². The van der Waals surface area contributed by atoms with Gasteiger partial charge in [-0.25, -0.2) is 9.78 Å². The molecule has 0 saturated heterocycles. The molecule has 27 heavy (non-hydrogen) atoms. The van der Waals surface area contributed by atoms with Crippen LogP contribution in [0.2, 0.25) is 0 Å². The van der Waals surface area contributed by atoms with Crippen LogP contribution >= 0.6 is 0 Å². The summed E-state index contributed by atoms with van der Waals surface area (Å²) in [6, 6.07) is 9.28. The Morgan fingerprint density at radius 2 is 2.00 bits per heavy atom. The maximum Gasteiger partial charge on any atom is 0.387 e. The summed E-state index contributed by atoms with van der Waals surface area (Å²) in [7, 11) is 1.34. The molecule has 1 aromatic carbocycles. The van der Waals surface area contributed by atoms with E-state index in [0.29, 0.717) is 6.42 Å². The number of alkyl halides is 2. The highest BCUT2D eigenvalue weighted by atomic mass is 19.3. The van der Waals surface area contributed by atoms with Gasteiger partial charge in [-0.2, -0.15) is 8.78 Å². The van der Waals surface area contributed by atoms with Gasteiger partial charge in [0.05, 0.1) is 7.11 Å². The van der Waals surface area contributed by atoms with E-state index < -0.39 is 25.1 Å². The molecule has 0 aliphatic heterocycles. The molecule has 9 heteroatoms. The minimum Gasteiger partial charge on any atom is -0.493 e. The zero-order chi connectivity index (χ0) is 19.6. The van der Waals surface area contributed by atoms with Crippen LogP contribution in [-0.2, 0) is 16.0 Å². The van der Waals surface area contributed by atoms with Crippen molar-refractivity contribution >= 4 is 11.9 Å². The number of rotatable bonds is 9. The van der Waals surface area contributed by atoms with Crippen molar-refractivity contribution in [3.63, 3.8) is 0 Å². The van der Waals surface area contributed by atoms with Gasteiger partial charge in [0.25, 0.3) is 5.91 Å². The van der Waals surface area contributed by atoms with E-state index in [1.165, 1.54) is 25.4 Å². The Balaban J connectivity index is 1.77. The van der Waals surface area contributed by atoms with Gasteiger partial charge in [-0.05, 0) is 36.2 Å². The van der Waals surface area contributed by atoms with Crippen LogP contribution < -0.4 is 14.8 Å². The number of pyridine rings is 1. The fraction of sp³-hybridized carbons (Fsp3) is 0.278. The predicted molar refractivity (Wildman–Crippen MR) is 90.9 cm³/mol. The van der Waals surface area contributed by atoms with Crippen LogP contribution in [-0.4, -0.2) is 43.7 Å². The van der Waals surface area contributed by atoms with E-state index >= 15 is 0 Å². The molecule has 7 nitrogen and oxygen atoms in total. The first-order valence-electron chi connectivity index (χ1n) is 7.96. The fourth-order valence-electron chi connectivity index (χ4n) is 2.15. The molecule has 0 aliphatic carbocycles. The first-order chi connectivity index (χ1) is 13.0. The molecule has 0 bridgehead atoms. The molecule has 1 aromatic heterocycles. The number of nitrogens with zero attached hydrogens (tertiary/aromatic N) is 1. The lowest BCUT2D eigenvalue weighted by atomic mass is 10.1. The van der Waals surface area contributed by atoms with Crippen molar-refractivity contribution in [2.24, 2.45) is 0 Å². The van der Waals surface area contributed by atoms with E-state index in [0.717, 1.165) is 5.56 Å². The number of hydrogen-bond acceptors (Lipinski definition) is 6. The average Bonchev–Trinajstić information content (AvgIpc) is 2.67. The highest BCUT2D eigenvalue weighted by molar-refractivity contribution is 5.89. The SMILES string of the molecule is COc1cc(CCNC(=O)COC(=O)c2ccccn2)ccc1OC(F)F. The van der Waals surface area contributed by atoms with Crippen LogP contribution in [0.25, 0.3) is 0 Å². The van der Waals surface area contributed by atoms with Crippen molar-refractivity contribution in [1.82, 2.24) is 10.3 Å². The van der Waals surface area contributed by atoms with Crippen molar-refractivity contribution in [3.8, 4) is 11.5 Å². The van der Waals surface area contributed by atoms with Gasteiger partial charge in [-0.1, -0.05) is 12.1 Å². The fourth-order valence-corrected chi connectivity index (χ4v) is 2.15. The second kappa shape index (κ2) is 10.0. The Morgan fingerprint density at radius 1 is 1.19 bits per heavy atom. The molecule has 0 atom stereocenters. The first-order valence-corrected chi connectivity index (χ1v) is 7.96. The second-order valence-electron chi connectivity index (χ2n) is 5.25. The highest BCUT2D eigenvalue weighted by Gasteiger charge is 2.12. The van der Waals surface area contributed by atoms with Crippen LogP contribution in [0.15, 0.2) is 42.6 Å². The molecule has 1 amide bonds. The molecule has 1 heterocycles. The van der Waals surface area contributed by atoms with Gasteiger partial charge in [-0.15, -0.1) is 0 Å². The molecular weight excluding hydrogens is 362 g/mol. The Kier molecular flexibility index (Phi) is 7.48. The molecule has 0 unspecified atom stereocenters. The van der Waals surface area contributed by atoms with Gasteiger partial charge in [0, 0.05) is 12.7 Å². The number of carbonyl (C=O) groups is 2. The second-order valence-corrected chi connectivity index (χ2v) is 5.25. The lowest BCUT2D eigenvalue weighted by Crippen LogP contribution is -2.30. The summed E-state index contributed by atoms with van der Waals surface area (Å²) in [6.07, 6.45) is 1.87. The van der Waals surface area contributed by atoms with Crippen LogP contribution in [0.5, 0.6) is 11.5 Å². The summed E-state index contributed by atoms with van der Waals surface area (Å²) >= 11 is 0. The molecule has 0 fully saturated rings. The standard InChI is InChI=1S/C18H18F2N2O5/c1-25-15-10-12(5-6-14(15)27-18(19)20)7-9-22-16(23)11-26-17(24)13-4-2-3-8-21-13/h2-6,8,10,18H,7,9,11H2,1H3,(H,22,23). The van der Waals surface area contributed by atoms with Gasteiger partial charge in [0.2, 0.25) is 0 Å². The highest BCUT2D eigenvalue weighted by Crippen LogP contribution is 2.29. The van der Waals surface area contributed by atoms with E-state index in [9.17, 15) is 18.4 Å². The Hall–Kier alpha value is -3.23. The molecule has 2 rings (SSSR count). The number of esters is 1. The number of halogens is 2. The molecule has 0 radical (unpaired) electrons. The number of hydrogen-bond donors (Lipinski definition) is 1.